The van der Waals surface area contributed by atoms with E-state index in [4.69, 9.17) is 9.47 Å². The number of rotatable bonds is 5. The molecule has 0 heterocycles. The first-order valence-corrected chi connectivity index (χ1v) is 10.2. The SMILES string of the molecule is C=C[C@@H]([C@@H](NC(=O)OC(C)(C)C)C(=O)OC)[Si](C)(C)C. The zero-order chi connectivity index (χ0) is 16.1. The molecule has 5 nitrogen and oxygen atoms in total. The molecule has 0 radical (unpaired) electrons. The predicted octanol–water partition coefficient (Wildman–Crippen LogP) is 2.95. The monoisotopic (exact) mass is 301 g/mol. The lowest BCUT2D eigenvalue weighted by molar-refractivity contribution is -0.143. The number of ether oxygens (including phenoxy) is 2. The van der Waals surface area contributed by atoms with Gasteiger partial charge in [-0.15, -0.1) is 6.58 Å². The van der Waals surface area contributed by atoms with Crippen molar-refractivity contribution < 1.29 is 19.1 Å². The molecule has 1 amide bonds. The largest absolute Gasteiger partial charge is 0.467 e. The molecule has 0 aromatic heterocycles. The lowest BCUT2D eigenvalue weighted by atomic mass is 10.2. The number of carbonyl (C=O) groups excluding carboxylic acids is 2. The number of esters is 1. The van der Waals surface area contributed by atoms with E-state index in [0.717, 1.165) is 0 Å². The van der Waals surface area contributed by atoms with Gasteiger partial charge in [0.05, 0.1) is 15.2 Å². The van der Waals surface area contributed by atoms with Gasteiger partial charge in [-0.05, 0) is 20.8 Å². The minimum absolute atomic E-state index is 0.137. The Balaban J connectivity index is 5.13. The Kier molecular flexibility index (Phi) is 6.47. The van der Waals surface area contributed by atoms with Gasteiger partial charge in [0.2, 0.25) is 0 Å². The molecule has 0 aromatic rings. The molecule has 20 heavy (non-hydrogen) atoms. The highest BCUT2D eigenvalue weighted by molar-refractivity contribution is 6.78. The van der Waals surface area contributed by atoms with Gasteiger partial charge in [-0.25, -0.2) is 9.59 Å². The Labute approximate surface area is 122 Å². The molecule has 116 valence electrons. The normalized spacial score (nSPS) is 14.9. The summed E-state index contributed by atoms with van der Waals surface area (Å²) in [6, 6.07) is -0.765. The zero-order valence-electron chi connectivity index (χ0n) is 13.6. The molecule has 0 aliphatic carbocycles. The first kappa shape index (κ1) is 18.7. The maximum atomic E-state index is 11.9. The van der Waals surface area contributed by atoms with Gasteiger partial charge in [0.25, 0.3) is 0 Å². The van der Waals surface area contributed by atoms with Crippen molar-refractivity contribution in [2.24, 2.45) is 0 Å². The number of amides is 1. The maximum absolute atomic E-state index is 11.9. The van der Waals surface area contributed by atoms with Crippen LogP contribution in [0.15, 0.2) is 12.7 Å². The minimum Gasteiger partial charge on any atom is -0.467 e. The van der Waals surface area contributed by atoms with Gasteiger partial charge in [-0.3, -0.25) is 0 Å². The third-order valence-electron chi connectivity index (χ3n) is 2.74. The van der Waals surface area contributed by atoms with Crippen LogP contribution in [0.5, 0.6) is 0 Å². The van der Waals surface area contributed by atoms with Crippen LogP contribution in [0, 0.1) is 0 Å². The molecule has 0 rings (SSSR count). The van der Waals surface area contributed by atoms with Crippen molar-refractivity contribution in [1.29, 1.82) is 0 Å². The highest BCUT2D eigenvalue weighted by Gasteiger charge is 2.38. The van der Waals surface area contributed by atoms with Crippen molar-refractivity contribution in [2.75, 3.05) is 7.11 Å². The molecule has 0 unspecified atom stereocenters. The lowest BCUT2D eigenvalue weighted by Gasteiger charge is -2.32. The molecule has 2 atom stereocenters. The van der Waals surface area contributed by atoms with Gasteiger partial charge in [0.1, 0.15) is 11.6 Å². The van der Waals surface area contributed by atoms with Crippen LogP contribution >= 0.6 is 0 Å². The lowest BCUT2D eigenvalue weighted by Crippen LogP contribution is -2.51. The van der Waals surface area contributed by atoms with E-state index in [2.05, 4.69) is 31.5 Å². The second-order valence-electron chi connectivity index (χ2n) is 6.77. The number of hydrogen-bond donors (Lipinski definition) is 1. The summed E-state index contributed by atoms with van der Waals surface area (Å²) >= 11 is 0. The Bertz CT molecular complexity index is 368. The van der Waals surface area contributed by atoms with Crippen LogP contribution in [0.25, 0.3) is 0 Å². The van der Waals surface area contributed by atoms with E-state index in [1.807, 2.05) is 0 Å². The van der Waals surface area contributed by atoms with Gasteiger partial charge in [0, 0.05) is 5.54 Å². The summed E-state index contributed by atoms with van der Waals surface area (Å²) in [7, 11) is -0.441. The molecular weight excluding hydrogens is 274 g/mol. The van der Waals surface area contributed by atoms with Crippen LogP contribution < -0.4 is 5.32 Å². The molecule has 1 N–H and O–H groups in total. The van der Waals surface area contributed by atoms with Crippen molar-refractivity contribution in [2.45, 2.75) is 57.6 Å². The van der Waals surface area contributed by atoms with Gasteiger partial charge in [-0.2, -0.15) is 0 Å². The molecule has 0 aromatic carbocycles. The quantitative estimate of drug-likeness (QED) is 0.482. The molecule has 6 heteroatoms. The molecule has 0 fully saturated rings. The summed E-state index contributed by atoms with van der Waals surface area (Å²) in [4.78, 5) is 23.8. The molecule has 0 saturated heterocycles. The van der Waals surface area contributed by atoms with Gasteiger partial charge in [0.15, 0.2) is 0 Å². The van der Waals surface area contributed by atoms with Crippen LogP contribution in [0.4, 0.5) is 4.79 Å². The van der Waals surface area contributed by atoms with E-state index in [9.17, 15) is 9.59 Å². The number of hydrogen-bond acceptors (Lipinski definition) is 4. The topological polar surface area (TPSA) is 64.6 Å². The maximum Gasteiger partial charge on any atom is 0.408 e. The van der Waals surface area contributed by atoms with Crippen molar-refractivity contribution in [1.82, 2.24) is 5.32 Å². The third-order valence-corrected chi connectivity index (χ3v) is 5.31. The third kappa shape index (κ3) is 6.23. The Morgan fingerprint density at radius 3 is 2.05 bits per heavy atom. The summed E-state index contributed by atoms with van der Waals surface area (Å²) in [6.07, 6.45) is 1.09. The molecular formula is C14H27NO4Si. The van der Waals surface area contributed by atoms with Gasteiger partial charge in [-0.1, -0.05) is 25.7 Å². The average Bonchev–Trinajstić information content (AvgIpc) is 2.23. The minimum atomic E-state index is -1.74. The number of carbonyl (C=O) groups is 2. The van der Waals surface area contributed by atoms with Crippen molar-refractivity contribution in [3.05, 3.63) is 12.7 Å². The number of alkyl carbamates (subject to hydrolysis) is 1. The fourth-order valence-corrected chi connectivity index (χ4v) is 3.77. The first-order chi connectivity index (χ1) is 8.92. The van der Waals surface area contributed by atoms with E-state index < -0.39 is 31.8 Å². The van der Waals surface area contributed by atoms with Gasteiger partial charge < -0.3 is 14.8 Å². The summed E-state index contributed by atoms with van der Waals surface area (Å²) in [6.45, 7) is 15.4. The fraction of sp³-hybridized carbons (Fsp3) is 0.714. The standard InChI is InChI=1S/C14H27NO4Si/c1-9-10(20(6,7)8)11(12(16)18-5)15-13(17)19-14(2,3)4/h9-11H,1H2,2-8H3,(H,15,17)/t10-,11+/m0/s1. The number of nitrogens with one attached hydrogen (secondary N) is 1. The highest BCUT2D eigenvalue weighted by Crippen LogP contribution is 2.27. The fourth-order valence-electron chi connectivity index (χ4n) is 1.85. The Morgan fingerprint density at radius 1 is 1.25 bits per heavy atom. The van der Waals surface area contributed by atoms with Gasteiger partial charge >= 0.3 is 12.1 Å². The van der Waals surface area contributed by atoms with E-state index in [-0.39, 0.29) is 5.54 Å². The van der Waals surface area contributed by atoms with E-state index >= 15 is 0 Å². The summed E-state index contributed by atoms with van der Waals surface area (Å²) in [5.41, 5.74) is -0.754. The van der Waals surface area contributed by atoms with Crippen LogP contribution in [0.2, 0.25) is 25.2 Å². The van der Waals surface area contributed by atoms with Crippen LogP contribution in [-0.4, -0.2) is 38.9 Å². The van der Waals surface area contributed by atoms with Crippen LogP contribution in [0.3, 0.4) is 0 Å². The summed E-state index contributed by atoms with van der Waals surface area (Å²) < 4.78 is 9.98. The molecule has 0 aliphatic rings. The number of methoxy groups -OCH3 is 1. The zero-order valence-corrected chi connectivity index (χ0v) is 14.6. The van der Waals surface area contributed by atoms with Crippen molar-refractivity contribution in [3.8, 4) is 0 Å². The molecule has 0 spiro atoms. The molecule has 0 bridgehead atoms. The second kappa shape index (κ2) is 6.92. The van der Waals surface area contributed by atoms with E-state index in [1.165, 1.54) is 7.11 Å². The second-order valence-corrected chi connectivity index (χ2v) is 12.2. The van der Waals surface area contributed by atoms with Crippen LogP contribution in [-0.2, 0) is 14.3 Å². The van der Waals surface area contributed by atoms with Crippen molar-refractivity contribution in [3.63, 3.8) is 0 Å². The molecule has 0 saturated carbocycles. The average molecular weight is 301 g/mol. The van der Waals surface area contributed by atoms with E-state index in [0.29, 0.717) is 0 Å². The van der Waals surface area contributed by atoms with E-state index in [1.54, 1.807) is 26.8 Å². The summed E-state index contributed by atoms with van der Waals surface area (Å²) in [5, 5.41) is 2.61. The predicted molar refractivity (Wildman–Crippen MR) is 82.5 cm³/mol. The van der Waals surface area contributed by atoms with Crippen molar-refractivity contribution >= 4 is 20.1 Å². The molecule has 0 aliphatic heterocycles. The van der Waals surface area contributed by atoms with Crippen LogP contribution in [0.1, 0.15) is 20.8 Å². The smallest absolute Gasteiger partial charge is 0.408 e. The Hall–Kier alpha value is -1.30. The summed E-state index contributed by atoms with van der Waals surface area (Å²) in [5.74, 6) is -0.483. The first-order valence-electron chi connectivity index (χ1n) is 6.62. The highest BCUT2D eigenvalue weighted by atomic mass is 28.3. The Morgan fingerprint density at radius 2 is 1.75 bits per heavy atom.